The van der Waals surface area contributed by atoms with Gasteiger partial charge in [0.25, 0.3) is 0 Å². The molecule has 0 aliphatic rings. The van der Waals surface area contributed by atoms with Gasteiger partial charge in [0.1, 0.15) is 12.4 Å². The molecule has 0 aromatic heterocycles. The zero-order valence-electron chi connectivity index (χ0n) is 9.75. The molecule has 2 aromatic rings. The summed E-state index contributed by atoms with van der Waals surface area (Å²) < 4.78 is 43.5. The molecule has 0 fully saturated rings. The summed E-state index contributed by atoms with van der Waals surface area (Å²) in [6.45, 7) is 0.310. The summed E-state index contributed by atoms with van der Waals surface area (Å²) in [6, 6.07) is 12.2. The standard InChI is InChI=1S/C14H10BrF3O/c15-12-3-1-2-10(8-12)9-19-13-6-4-11(5-7-13)14(16,17)18/h1-8H,9H2. The second kappa shape index (κ2) is 5.65. The van der Waals surface area contributed by atoms with Crippen molar-refractivity contribution in [3.05, 3.63) is 64.1 Å². The lowest BCUT2D eigenvalue weighted by molar-refractivity contribution is -0.137. The first-order valence-electron chi connectivity index (χ1n) is 5.50. The summed E-state index contributed by atoms with van der Waals surface area (Å²) in [7, 11) is 0. The highest BCUT2D eigenvalue weighted by atomic mass is 79.9. The molecule has 0 unspecified atom stereocenters. The monoisotopic (exact) mass is 330 g/mol. The number of alkyl halides is 3. The number of halogens is 4. The SMILES string of the molecule is FC(F)(F)c1ccc(OCc2cccc(Br)c2)cc1. The maximum absolute atomic E-state index is 12.4. The molecule has 100 valence electrons. The van der Waals surface area contributed by atoms with Crippen molar-refractivity contribution in [1.82, 2.24) is 0 Å². The van der Waals surface area contributed by atoms with Gasteiger partial charge in [-0.25, -0.2) is 0 Å². The van der Waals surface area contributed by atoms with Crippen molar-refractivity contribution >= 4 is 15.9 Å². The molecule has 0 saturated carbocycles. The number of hydrogen-bond donors (Lipinski definition) is 0. The van der Waals surface area contributed by atoms with E-state index in [4.69, 9.17) is 4.74 Å². The molecule has 0 radical (unpaired) electrons. The van der Waals surface area contributed by atoms with Crippen LogP contribution >= 0.6 is 15.9 Å². The fraction of sp³-hybridized carbons (Fsp3) is 0.143. The Morgan fingerprint density at radius 3 is 2.26 bits per heavy atom. The second-order valence-corrected chi connectivity index (χ2v) is 4.86. The smallest absolute Gasteiger partial charge is 0.416 e. The number of rotatable bonds is 3. The van der Waals surface area contributed by atoms with Crippen LogP contribution in [0.4, 0.5) is 13.2 Å². The molecule has 1 nitrogen and oxygen atoms in total. The van der Waals surface area contributed by atoms with E-state index < -0.39 is 11.7 Å². The fourth-order valence-electron chi connectivity index (χ4n) is 1.53. The molecular weight excluding hydrogens is 321 g/mol. The summed E-state index contributed by atoms with van der Waals surface area (Å²) in [4.78, 5) is 0. The van der Waals surface area contributed by atoms with E-state index in [1.165, 1.54) is 12.1 Å². The van der Waals surface area contributed by atoms with Gasteiger partial charge in [0.15, 0.2) is 0 Å². The minimum atomic E-state index is -4.32. The Bertz CT molecular complexity index is 549. The van der Waals surface area contributed by atoms with Crippen LogP contribution in [0.25, 0.3) is 0 Å². The van der Waals surface area contributed by atoms with Gasteiger partial charge < -0.3 is 4.74 Å². The van der Waals surface area contributed by atoms with Gasteiger partial charge in [-0.1, -0.05) is 28.1 Å². The molecule has 2 aromatic carbocycles. The highest BCUT2D eigenvalue weighted by Gasteiger charge is 2.29. The number of hydrogen-bond acceptors (Lipinski definition) is 1. The van der Waals surface area contributed by atoms with E-state index >= 15 is 0 Å². The molecule has 19 heavy (non-hydrogen) atoms. The van der Waals surface area contributed by atoms with E-state index in [-0.39, 0.29) is 0 Å². The van der Waals surface area contributed by atoms with Crippen LogP contribution < -0.4 is 4.74 Å². The molecule has 0 amide bonds. The zero-order valence-corrected chi connectivity index (χ0v) is 11.3. The van der Waals surface area contributed by atoms with Crippen LogP contribution in [-0.4, -0.2) is 0 Å². The average Bonchev–Trinajstić information content (AvgIpc) is 2.36. The Balaban J connectivity index is 2.01. The van der Waals surface area contributed by atoms with Crippen molar-refractivity contribution in [2.75, 3.05) is 0 Å². The summed E-state index contributed by atoms with van der Waals surface area (Å²) in [5.41, 5.74) is 0.261. The fourth-order valence-corrected chi connectivity index (χ4v) is 1.98. The normalized spacial score (nSPS) is 11.4. The Morgan fingerprint density at radius 2 is 1.68 bits per heavy atom. The van der Waals surface area contributed by atoms with Crippen molar-refractivity contribution in [1.29, 1.82) is 0 Å². The quantitative estimate of drug-likeness (QED) is 0.765. The summed E-state index contributed by atoms with van der Waals surface area (Å²) in [6.07, 6.45) is -4.32. The van der Waals surface area contributed by atoms with Crippen molar-refractivity contribution < 1.29 is 17.9 Å². The third kappa shape index (κ3) is 3.99. The van der Waals surface area contributed by atoms with E-state index in [1.807, 2.05) is 24.3 Å². The molecule has 0 saturated heterocycles. The van der Waals surface area contributed by atoms with E-state index in [0.29, 0.717) is 12.4 Å². The van der Waals surface area contributed by atoms with Gasteiger partial charge in [-0.15, -0.1) is 0 Å². The number of ether oxygens (including phenoxy) is 1. The van der Waals surface area contributed by atoms with Crippen LogP contribution in [0.15, 0.2) is 53.0 Å². The third-order valence-corrected chi connectivity index (χ3v) is 2.97. The van der Waals surface area contributed by atoms with E-state index in [0.717, 1.165) is 22.2 Å². The van der Waals surface area contributed by atoms with Crippen molar-refractivity contribution in [2.45, 2.75) is 12.8 Å². The molecule has 0 aliphatic heterocycles. The van der Waals surface area contributed by atoms with E-state index in [1.54, 1.807) is 0 Å². The molecule has 0 aliphatic carbocycles. The summed E-state index contributed by atoms with van der Waals surface area (Å²) in [5, 5.41) is 0. The molecule has 0 bridgehead atoms. The van der Waals surface area contributed by atoms with Crippen LogP contribution in [-0.2, 0) is 12.8 Å². The van der Waals surface area contributed by atoms with E-state index in [9.17, 15) is 13.2 Å². The molecule has 0 heterocycles. The topological polar surface area (TPSA) is 9.23 Å². The Labute approximate surface area is 117 Å². The van der Waals surface area contributed by atoms with Gasteiger partial charge in [0.2, 0.25) is 0 Å². The minimum absolute atomic E-state index is 0.310. The highest BCUT2D eigenvalue weighted by molar-refractivity contribution is 9.10. The lowest BCUT2D eigenvalue weighted by Crippen LogP contribution is -2.04. The maximum atomic E-state index is 12.4. The Morgan fingerprint density at radius 1 is 1.00 bits per heavy atom. The van der Waals surface area contributed by atoms with Gasteiger partial charge in [-0.2, -0.15) is 13.2 Å². The van der Waals surface area contributed by atoms with Crippen LogP contribution in [0.5, 0.6) is 5.75 Å². The van der Waals surface area contributed by atoms with E-state index in [2.05, 4.69) is 15.9 Å². The first kappa shape index (κ1) is 13.9. The lowest BCUT2D eigenvalue weighted by Gasteiger charge is -2.09. The summed E-state index contributed by atoms with van der Waals surface area (Å²) >= 11 is 3.34. The first-order valence-corrected chi connectivity index (χ1v) is 6.29. The van der Waals surface area contributed by atoms with Crippen molar-refractivity contribution in [3.8, 4) is 5.75 Å². The Kier molecular flexibility index (Phi) is 4.14. The van der Waals surface area contributed by atoms with Crippen LogP contribution in [0, 0.1) is 0 Å². The predicted octanol–water partition coefficient (Wildman–Crippen LogP) is 5.05. The molecule has 0 atom stereocenters. The van der Waals surface area contributed by atoms with Crippen LogP contribution in [0.2, 0.25) is 0 Å². The van der Waals surface area contributed by atoms with Crippen LogP contribution in [0.3, 0.4) is 0 Å². The zero-order chi connectivity index (χ0) is 13.9. The highest BCUT2D eigenvalue weighted by Crippen LogP contribution is 2.30. The van der Waals surface area contributed by atoms with Gasteiger partial charge in [-0.05, 0) is 42.0 Å². The minimum Gasteiger partial charge on any atom is -0.489 e. The third-order valence-electron chi connectivity index (χ3n) is 2.48. The second-order valence-electron chi connectivity index (χ2n) is 3.94. The average molecular weight is 331 g/mol. The molecule has 0 N–H and O–H groups in total. The van der Waals surface area contributed by atoms with Crippen molar-refractivity contribution in [2.24, 2.45) is 0 Å². The first-order chi connectivity index (χ1) is 8.95. The van der Waals surface area contributed by atoms with Gasteiger partial charge >= 0.3 is 6.18 Å². The molecule has 0 spiro atoms. The van der Waals surface area contributed by atoms with Crippen LogP contribution in [0.1, 0.15) is 11.1 Å². The predicted molar refractivity (Wildman–Crippen MR) is 69.9 cm³/mol. The number of benzene rings is 2. The largest absolute Gasteiger partial charge is 0.489 e. The molecule has 2 rings (SSSR count). The van der Waals surface area contributed by atoms with Gasteiger partial charge in [0, 0.05) is 4.47 Å². The summed E-state index contributed by atoms with van der Waals surface area (Å²) in [5.74, 6) is 0.410. The molecular formula is C14H10BrF3O. The van der Waals surface area contributed by atoms with Gasteiger partial charge in [-0.3, -0.25) is 0 Å². The Hall–Kier alpha value is -1.49. The lowest BCUT2D eigenvalue weighted by atomic mass is 10.2. The van der Waals surface area contributed by atoms with Crippen molar-refractivity contribution in [3.63, 3.8) is 0 Å². The van der Waals surface area contributed by atoms with Gasteiger partial charge in [0.05, 0.1) is 5.56 Å². The molecule has 5 heteroatoms. The maximum Gasteiger partial charge on any atom is 0.416 e.